The molecule has 1 aliphatic rings. The summed E-state index contributed by atoms with van der Waals surface area (Å²) in [6.07, 6.45) is 0. The molecule has 1 atom stereocenters. The van der Waals surface area contributed by atoms with Crippen molar-refractivity contribution in [2.24, 2.45) is 0 Å². The number of carbonyl (C=O) groups is 1. The molecular weight excluding hydrogens is 349 g/mol. The average molecular weight is 366 g/mol. The summed E-state index contributed by atoms with van der Waals surface area (Å²) in [6, 6.07) is 9.18. The molecule has 1 N–H and O–H groups in total. The van der Waals surface area contributed by atoms with E-state index >= 15 is 0 Å². The molecular formula is C18H17ClFNO4. The third-order valence-corrected chi connectivity index (χ3v) is 4.20. The lowest BCUT2D eigenvalue weighted by atomic mass is 10.00. The predicted molar refractivity (Wildman–Crippen MR) is 90.4 cm³/mol. The van der Waals surface area contributed by atoms with E-state index < -0.39 is 11.9 Å². The van der Waals surface area contributed by atoms with Gasteiger partial charge in [0, 0.05) is 5.56 Å². The lowest BCUT2D eigenvalue weighted by Crippen LogP contribution is -2.40. The van der Waals surface area contributed by atoms with Crippen molar-refractivity contribution in [1.82, 2.24) is 5.32 Å². The van der Waals surface area contributed by atoms with Crippen LogP contribution in [0.2, 0.25) is 5.02 Å². The van der Waals surface area contributed by atoms with Crippen LogP contribution in [0.5, 0.6) is 11.5 Å². The molecule has 7 heteroatoms. The van der Waals surface area contributed by atoms with Crippen LogP contribution in [-0.2, 0) is 16.1 Å². The van der Waals surface area contributed by atoms with Gasteiger partial charge in [-0.05, 0) is 42.0 Å². The Labute approximate surface area is 149 Å². The van der Waals surface area contributed by atoms with Crippen molar-refractivity contribution < 1.29 is 23.4 Å². The zero-order chi connectivity index (χ0) is 17.8. The molecule has 0 radical (unpaired) electrons. The lowest BCUT2D eigenvalue weighted by Gasteiger charge is -2.26. The van der Waals surface area contributed by atoms with Crippen molar-refractivity contribution in [1.29, 1.82) is 0 Å². The number of carbonyl (C=O) groups excluding carboxylic acids is 1. The molecule has 1 heterocycles. The maximum Gasteiger partial charge on any atom is 0.246 e. The van der Waals surface area contributed by atoms with E-state index in [-0.39, 0.29) is 30.8 Å². The van der Waals surface area contributed by atoms with E-state index in [0.29, 0.717) is 16.9 Å². The number of ether oxygens (including phenoxy) is 3. The van der Waals surface area contributed by atoms with Gasteiger partial charge >= 0.3 is 0 Å². The van der Waals surface area contributed by atoms with Crippen LogP contribution in [0.3, 0.4) is 0 Å². The molecule has 1 amide bonds. The minimum atomic E-state index is -0.479. The van der Waals surface area contributed by atoms with Gasteiger partial charge in [-0.25, -0.2) is 4.39 Å². The van der Waals surface area contributed by atoms with Gasteiger partial charge in [0.15, 0.2) is 0 Å². The summed E-state index contributed by atoms with van der Waals surface area (Å²) in [4.78, 5) is 11.6. The molecule has 25 heavy (non-hydrogen) atoms. The van der Waals surface area contributed by atoms with Gasteiger partial charge in [0.05, 0.1) is 24.8 Å². The fourth-order valence-electron chi connectivity index (χ4n) is 2.63. The van der Waals surface area contributed by atoms with Gasteiger partial charge in [-0.15, -0.1) is 0 Å². The van der Waals surface area contributed by atoms with Crippen LogP contribution in [0.25, 0.3) is 0 Å². The highest BCUT2D eigenvalue weighted by Crippen LogP contribution is 2.29. The Morgan fingerprint density at radius 3 is 2.68 bits per heavy atom. The number of nitrogens with one attached hydrogen (secondary N) is 1. The van der Waals surface area contributed by atoms with Crippen LogP contribution in [0.1, 0.15) is 17.2 Å². The van der Waals surface area contributed by atoms with Crippen molar-refractivity contribution in [2.75, 3.05) is 20.3 Å². The Morgan fingerprint density at radius 2 is 2.00 bits per heavy atom. The first-order valence-electron chi connectivity index (χ1n) is 7.68. The SMILES string of the molecule is COc1ccc(OCc2c(Cl)cc(F)cc2C2COCC(=O)N2)cc1. The van der Waals surface area contributed by atoms with E-state index in [2.05, 4.69) is 5.32 Å². The number of morpholine rings is 1. The standard InChI is InChI=1S/C18H17ClFNO4/c1-23-12-2-4-13(5-3-12)25-8-15-14(6-11(20)7-16(15)19)17-9-24-10-18(22)21-17/h2-7,17H,8-10H2,1H3,(H,21,22). The Hall–Kier alpha value is -2.31. The summed E-state index contributed by atoms with van der Waals surface area (Å²) in [5.74, 6) is 0.609. The molecule has 0 aliphatic carbocycles. The van der Waals surface area contributed by atoms with Gasteiger partial charge in [-0.3, -0.25) is 4.79 Å². The van der Waals surface area contributed by atoms with Crippen LogP contribution in [0, 0.1) is 5.82 Å². The van der Waals surface area contributed by atoms with Crippen molar-refractivity contribution in [3.63, 3.8) is 0 Å². The number of rotatable bonds is 5. The molecule has 132 valence electrons. The van der Waals surface area contributed by atoms with Crippen LogP contribution in [0.15, 0.2) is 36.4 Å². The number of hydrogen-bond donors (Lipinski definition) is 1. The smallest absolute Gasteiger partial charge is 0.246 e. The third-order valence-electron chi connectivity index (χ3n) is 3.87. The molecule has 0 saturated carbocycles. The molecule has 2 aromatic rings. The highest BCUT2D eigenvalue weighted by Gasteiger charge is 2.25. The lowest BCUT2D eigenvalue weighted by molar-refractivity contribution is -0.131. The second-order valence-electron chi connectivity index (χ2n) is 5.55. The number of halogens is 2. The van der Waals surface area contributed by atoms with Crippen molar-refractivity contribution in [3.8, 4) is 11.5 Å². The largest absolute Gasteiger partial charge is 0.497 e. The van der Waals surface area contributed by atoms with Crippen LogP contribution < -0.4 is 14.8 Å². The minimum absolute atomic E-state index is 0.00275. The number of methoxy groups -OCH3 is 1. The minimum Gasteiger partial charge on any atom is -0.497 e. The fourth-order valence-corrected chi connectivity index (χ4v) is 2.90. The first kappa shape index (κ1) is 17.5. The first-order valence-corrected chi connectivity index (χ1v) is 8.06. The van der Waals surface area contributed by atoms with Gasteiger partial charge in [-0.1, -0.05) is 11.6 Å². The molecule has 1 aliphatic heterocycles. The van der Waals surface area contributed by atoms with Crippen LogP contribution in [0.4, 0.5) is 4.39 Å². The molecule has 1 saturated heterocycles. The summed E-state index contributed by atoms with van der Waals surface area (Å²) in [5, 5.41) is 3.02. The van der Waals surface area contributed by atoms with E-state index in [1.54, 1.807) is 31.4 Å². The third kappa shape index (κ3) is 4.21. The van der Waals surface area contributed by atoms with E-state index in [9.17, 15) is 9.18 Å². The molecule has 2 aromatic carbocycles. The van der Waals surface area contributed by atoms with E-state index in [1.807, 2.05) is 0 Å². The molecule has 0 bridgehead atoms. The quantitative estimate of drug-likeness (QED) is 0.883. The number of benzene rings is 2. The van der Waals surface area contributed by atoms with Crippen molar-refractivity contribution in [3.05, 3.63) is 58.4 Å². The second kappa shape index (κ2) is 7.72. The molecule has 5 nitrogen and oxygen atoms in total. The highest BCUT2D eigenvalue weighted by molar-refractivity contribution is 6.31. The van der Waals surface area contributed by atoms with E-state index in [0.717, 1.165) is 5.75 Å². The predicted octanol–water partition coefficient (Wildman–Crippen LogP) is 3.25. The Morgan fingerprint density at radius 1 is 1.28 bits per heavy atom. The zero-order valence-electron chi connectivity index (χ0n) is 13.6. The fraction of sp³-hybridized carbons (Fsp3) is 0.278. The Bertz CT molecular complexity index is 766. The molecule has 1 unspecified atom stereocenters. The van der Waals surface area contributed by atoms with Gasteiger partial charge < -0.3 is 19.5 Å². The molecule has 1 fully saturated rings. The monoisotopic (exact) mass is 365 g/mol. The average Bonchev–Trinajstić information content (AvgIpc) is 2.61. The Kier molecular flexibility index (Phi) is 5.40. The normalized spacial score (nSPS) is 17.1. The van der Waals surface area contributed by atoms with Gasteiger partial charge in [0.2, 0.25) is 5.91 Å². The van der Waals surface area contributed by atoms with Crippen molar-refractivity contribution in [2.45, 2.75) is 12.6 Å². The van der Waals surface area contributed by atoms with E-state index in [4.69, 9.17) is 25.8 Å². The summed E-state index contributed by atoms with van der Waals surface area (Å²) in [7, 11) is 1.58. The first-order chi connectivity index (χ1) is 12.1. The maximum absolute atomic E-state index is 13.8. The zero-order valence-corrected chi connectivity index (χ0v) is 14.3. The highest BCUT2D eigenvalue weighted by atomic mass is 35.5. The molecule has 0 aromatic heterocycles. The topological polar surface area (TPSA) is 56.8 Å². The number of hydrogen-bond acceptors (Lipinski definition) is 4. The summed E-state index contributed by atoms with van der Waals surface area (Å²) >= 11 is 6.21. The maximum atomic E-state index is 13.8. The van der Waals surface area contributed by atoms with Gasteiger partial charge in [-0.2, -0.15) is 0 Å². The van der Waals surface area contributed by atoms with Crippen molar-refractivity contribution >= 4 is 17.5 Å². The second-order valence-corrected chi connectivity index (χ2v) is 5.96. The van der Waals surface area contributed by atoms with Gasteiger partial charge in [0.1, 0.15) is 30.5 Å². The van der Waals surface area contributed by atoms with Crippen LogP contribution in [-0.4, -0.2) is 26.2 Å². The number of amides is 1. The van der Waals surface area contributed by atoms with E-state index in [1.165, 1.54) is 12.1 Å². The van der Waals surface area contributed by atoms with Gasteiger partial charge in [0.25, 0.3) is 0 Å². The summed E-state index contributed by atoms with van der Waals surface area (Å²) in [6.45, 7) is 0.380. The molecule has 0 spiro atoms. The Balaban J connectivity index is 1.82. The van der Waals surface area contributed by atoms with Crippen LogP contribution >= 0.6 is 11.6 Å². The summed E-state index contributed by atoms with van der Waals surface area (Å²) < 4.78 is 29.9. The molecule has 3 rings (SSSR count). The summed E-state index contributed by atoms with van der Waals surface area (Å²) in [5.41, 5.74) is 1.15.